The van der Waals surface area contributed by atoms with Crippen molar-refractivity contribution in [3.63, 3.8) is 0 Å². The van der Waals surface area contributed by atoms with Crippen molar-refractivity contribution in [2.75, 3.05) is 0 Å². The Balaban J connectivity index is 1.77. The summed E-state index contributed by atoms with van der Waals surface area (Å²) in [5.74, 6) is -0.177. The lowest BCUT2D eigenvalue weighted by molar-refractivity contribution is 0.0946. The topological polar surface area (TPSA) is 59.3 Å². The fourth-order valence-electron chi connectivity index (χ4n) is 2.28. The maximum absolute atomic E-state index is 12.2. The van der Waals surface area contributed by atoms with E-state index in [-0.39, 0.29) is 5.91 Å². The first-order valence-electron chi connectivity index (χ1n) is 6.78. The molecule has 3 aromatic rings. The quantitative estimate of drug-likeness (QED) is 0.800. The molecule has 1 N–H and O–H groups in total. The smallest absolute Gasteiger partial charge is 0.270 e. The second-order valence-electron chi connectivity index (χ2n) is 5.06. The van der Waals surface area contributed by atoms with E-state index in [0.29, 0.717) is 17.9 Å². The molecule has 1 aromatic carbocycles. The number of carbonyl (C=O) groups excluding carboxylic acids is 1. The van der Waals surface area contributed by atoms with Crippen LogP contribution in [-0.4, -0.2) is 20.5 Å². The maximum Gasteiger partial charge on any atom is 0.270 e. The monoisotopic (exact) mass is 280 g/mol. The summed E-state index contributed by atoms with van der Waals surface area (Å²) in [6.45, 7) is 4.43. The Kier molecular flexibility index (Phi) is 3.39. The third kappa shape index (κ3) is 2.76. The summed E-state index contributed by atoms with van der Waals surface area (Å²) in [6, 6.07) is 11.6. The van der Waals surface area contributed by atoms with Gasteiger partial charge in [0.25, 0.3) is 5.91 Å². The second kappa shape index (κ2) is 5.36. The van der Waals surface area contributed by atoms with Crippen LogP contribution in [0.5, 0.6) is 0 Å². The molecule has 0 saturated carbocycles. The van der Waals surface area contributed by atoms with Crippen LogP contribution in [0, 0.1) is 13.8 Å². The largest absolute Gasteiger partial charge is 0.347 e. The van der Waals surface area contributed by atoms with Crippen molar-refractivity contribution in [2.24, 2.45) is 0 Å². The molecule has 0 aliphatic carbocycles. The normalized spacial score (nSPS) is 10.8. The summed E-state index contributed by atoms with van der Waals surface area (Å²) in [6.07, 6.45) is 1.67. The molecule has 0 bridgehead atoms. The molecule has 3 rings (SSSR count). The lowest BCUT2D eigenvalue weighted by Gasteiger charge is -2.07. The molecule has 0 spiro atoms. The fourth-order valence-corrected chi connectivity index (χ4v) is 2.28. The van der Waals surface area contributed by atoms with Crippen LogP contribution < -0.4 is 5.32 Å². The Morgan fingerprint density at radius 2 is 2.10 bits per heavy atom. The van der Waals surface area contributed by atoms with Crippen LogP contribution in [0.25, 0.3) is 5.65 Å². The highest BCUT2D eigenvalue weighted by Gasteiger charge is 2.10. The van der Waals surface area contributed by atoms with Crippen molar-refractivity contribution in [3.05, 3.63) is 65.1 Å². The van der Waals surface area contributed by atoms with Crippen molar-refractivity contribution in [3.8, 4) is 0 Å². The zero-order chi connectivity index (χ0) is 14.8. The lowest BCUT2D eigenvalue weighted by Crippen LogP contribution is -2.24. The highest BCUT2D eigenvalue weighted by Crippen LogP contribution is 2.07. The number of nitrogens with one attached hydrogen (secondary N) is 1. The average molecular weight is 280 g/mol. The molecule has 5 heteroatoms. The molecule has 0 atom stereocenters. The van der Waals surface area contributed by atoms with E-state index in [9.17, 15) is 4.79 Å². The molecule has 0 aliphatic heterocycles. The lowest BCUT2D eigenvalue weighted by atomic mass is 10.1. The zero-order valence-electron chi connectivity index (χ0n) is 12.0. The number of benzene rings is 1. The van der Waals surface area contributed by atoms with Crippen LogP contribution in [0.4, 0.5) is 0 Å². The highest BCUT2D eigenvalue weighted by molar-refractivity contribution is 5.92. The molecule has 0 aliphatic rings. The van der Waals surface area contributed by atoms with Crippen molar-refractivity contribution >= 4 is 11.6 Å². The number of rotatable bonds is 3. The molecule has 2 heterocycles. The molecule has 2 aromatic heterocycles. The van der Waals surface area contributed by atoms with E-state index in [4.69, 9.17) is 0 Å². The van der Waals surface area contributed by atoms with Gasteiger partial charge in [0, 0.05) is 18.3 Å². The van der Waals surface area contributed by atoms with Crippen LogP contribution in [-0.2, 0) is 6.54 Å². The maximum atomic E-state index is 12.2. The van der Waals surface area contributed by atoms with Crippen molar-refractivity contribution in [1.29, 1.82) is 0 Å². The van der Waals surface area contributed by atoms with Crippen LogP contribution in [0.3, 0.4) is 0 Å². The van der Waals surface area contributed by atoms with Gasteiger partial charge < -0.3 is 5.32 Å². The summed E-state index contributed by atoms with van der Waals surface area (Å²) in [5, 5.41) is 7.04. The van der Waals surface area contributed by atoms with Crippen LogP contribution in [0.15, 0.2) is 42.6 Å². The molecule has 0 unspecified atom stereocenters. The summed E-state index contributed by atoms with van der Waals surface area (Å²) in [7, 11) is 0. The summed E-state index contributed by atoms with van der Waals surface area (Å²) in [4.78, 5) is 16.5. The van der Waals surface area contributed by atoms with Gasteiger partial charge >= 0.3 is 0 Å². The third-order valence-electron chi connectivity index (χ3n) is 3.31. The number of hydrogen-bond acceptors (Lipinski definition) is 3. The van der Waals surface area contributed by atoms with E-state index in [0.717, 1.165) is 11.3 Å². The SMILES string of the molecule is Cc1cccc(CNC(=O)c2cc(C)n3nccc3n2)c1. The number of hydrogen-bond donors (Lipinski definition) is 1. The van der Waals surface area contributed by atoms with Gasteiger partial charge in [0.2, 0.25) is 0 Å². The predicted molar refractivity (Wildman–Crippen MR) is 80.1 cm³/mol. The van der Waals surface area contributed by atoms with E-state index < -0.39 is 0 Å². The minimum Gasteiger partial charge on any atom is -0.347 e. The van der Waals surface area contributed by atoms with E-state index in [1.165, 1.54) is 5.56 Å². The van der Waals surface area contributed by atoms with Gasteiger partial charge in [0.05, 0.1) is 6.20 Å². The summed E-state index contributed by atoms with van der Waals surface area (Å²) in [5.41, 5.74) is 4.22. The molecule has 21 heavy (non-hydrogen) atoms. The Morgan fingerprint density at radius 1 is 1.24 bits per heavy atom. The van der Waals surface area contributed by atoms with Crippen molar-refractivity contribution < 1.29 is 4.79 Å². The van der Waals surface area contributed by atoms with Gasteiger partial charge in [-0.1, -0.05) is 29.8 Å². The molecular formula is C16H16N4O. The number of fused-ring (bicyclic) bond motifs is 1. The molecule has 106 valence electrons. The Labute approximate surface area is 122 Å². The predicted octanol–water partition coefficient (Wildman–Crippen LogP) is 2.28. The number of nitrogens with zero attached hydrogens (tertiary/aromatic N) is 3. The van der Waals surface area contributed by atoms with Crippen LogP contribution >= 0.6 is 0 Å². The van der Waals surface area contributed by atoms with Crippen LogP contribution in [0.2, 0.25) is 0 Å². The molecule has 0 radical (unpaired) electrons. The van der Waals surface area contributed by atoms with Crippen molar-refractivity contribution in [2.45, 2.75) is 20.4 Å². The molecule has 0 fully saturated rings. The first-order chi connectivity index (χ1) is 10.1. The van der Waals surface area contributed by atoms with Crippen LogP contribution in [0.1, 0.15) is 27.3 Å². The minimum absolute atomic E-state index is 0.177. The minimum atomic E-state index is -0.177. The third-order valence-corrected chi connectivity index (χ3v) is 3.31. The van der Waals surface area contributed by atoms with E-state index >= 15 is 0 Å². The van der Waals surface area contributed by atoms with Gasteiger partial charge in [-0.05, 0) is 25.5 Å². The Morgan fingerprint density at radius 3 is 2.90 bits per heavy atom. The molecule has 5 nitrogen and oxygen atoms in total. The fraction of sp³-hybridized carbons (Fsp3) is 0.188. The Hall–Kier alpha value is -2.69. The number of carbonyl (C=O) groups is 1. The van der Waals surface area contributed by atoms with Gasteiger partial charge in [0.1, 0.15) is 5.69 Å². The number of aryl methyl sites for hydroxylation is 2. The summed E-state index contributed by atoms with van der Waals surface area (Å²) >= 11 is 0. The van der Waals surface area contributed by atoms with E-state index in [1.54, 1.807) is 22.8 Å². The standard InChI is InChI=1S/C16H16N4O/c1-11-4-3-5-13(8-11)10-17-16(21)14-9-12(2)20-15(19-14)6-7-18-20/h3-9H,10H2,1-2H3,(H,17,21). The molecule has 0 saturated heterocycles. The van der Waals surface area contributed by atoms with Gasteiger partial charge in [-0.25, -0.2) is 9.50 Å². The molecular weight excluding hydrogens is 264 g/mol. The first kappa shape index (κ1) is 13.3. The zero-order valence-corrected chi connectivity index (χ0v) is 12.0. The first-order valence-corrected chi connectivity index (χ1v) is 6.78. The van der Waals surface area contributed by atoms with Crippen molar-refractivity contribution in [1.82, 2.24) is 19.9 Å². The summed E-state index contributed by atoms with van der Waals surface area (Å²) < 4.78 is 1.71. The van der Waals surface area contributed by atoms with Gasteiger partial charge in [-0.2, -0.15) is 5.10 Å². The van der Waals surface area contributed by atoms with E-state index in [2.05, 4.69) is 21.5 Å². The number of aromatic nitrogens is 3. The average Bonchev–Trinajstić information content (AvgIpc) is 2.94. The number of amides is 1. The second-order valence-corrected chi connectivity index (χ2v) is 5.06. The van der Waals surface area contributed by atoms with Gasteiger partial charge in [-0.15, -0.1) is 0 Å². The molecule has 1 amide bonds. The Bertz CT molecular complexity index is 807. The van der Waals surface area contributed by atoms with Gasteiger partial charge in [-0.3, -0.25) is 4.79 Å². The highest BCUT2D eigenvalue weighted by atomic mass is 16.1. The van der Waals surface area contributed by atoms with Gasteiger partial charge in [0.15, 0.2) is 5.65 Å². The van der Waals surface area contributed by atoms with E-state index in [1.807, 2.05) is 32.0 Å².